The molecule has 8 saturated carbocycles. The molecule has 4 aliphatic heterocycles. The molecule has 12 aliphatic rings. The van der Waals surface area contributed by atoms with E-state index in [-0.39, 0.29) is 17.5 Å². The second-order valence-corrected chi connectivity index (χ2v) is 23.4. The third kappa shape index (κ3) is 4.04. The Morgan fingerprint density at radius 2 is 0.881 bits per heavy atom. The first kappa shape index (κ1) is 36.0. The average Bonchev–Trinajstić information content (AvgIpc) is 3.36. The average molecular weight is 862 g/mol. The van der Waals surface area contributed by atoms with E-state index in [9.17, 15) is 0 Å². The summed E-state index contributed by atoms with van der Waals surface area (Å²) in [4.78, 5) is 11.6. The van der Waals surface area contributed by atoms with Crippen molar-refractivity contribution in [2.75, 3.05) is 9.80 Å². The zero-order valence-corrected chi connectivity index (χ0v) is 38.0. The quantitative estimate of drug-likeness (QED) is 0.121. The number of hydrogen-bond donors (Lipinski definition) is 0. The minimum absolute atomic E-state index is 0.0201. The molecule has 67 heavy (non-hydrogen) atoms. The smallest absolute Gasteiger partial charge is 0.252 e. The first-order valence-corrected chi connectivity index (χ1v) is 26.2. The van der Waals surface area contributed by atoms with Gasteiger partial charge >= 0.3 is 0 Å². The van der Waals surface area contributed by atoms with Crippen LogP contribution in [0.4, 0.5) is 34.1 Å². The molecule has 8 aliphatic carbocycles. The van der Waals surface area contributed by atoms with Gasteiger partial charge in [-0.2, -0.15) is 0 Å². The van der Waals surface area contributed by atoms with Crippen LogP contribution in [0.3, 0.4) is 0 Å². The van der Waals surface area contributed by atoms with E-state index >= 15 is 0 Å². The van der Waals surface area contributed by atoms with E-state index in [1.54, 1.807) is 22.3 Å². The van der Waals surface area contributed by atoms with Crippen LogP contribution in [0, 0.1) is 47.3 Å². The Bertz CT molecular complexity index is 3490. The molecule has 0 saturated heterocycles. The summed E-state index contributed by atoms with van der Waals surface area (Å²) in [5, 5.41) is 3.76. The highest BCUT2D eigenvalue weighted by Gasteiger charge is 2.65. The van der Waals surface area contributed by atoms with Crippen LogP contribution in [0.25, 0.3) is 32.9 Å². The molecule has 1 aromatic heterocycles. The molecule has 5 heterocycles. The maximum atomic E-state index is 6.04. The van der Waals surface area contributed by atoms with Crippen LogP contribution in [0.5, 0.6) is 0 Å². The molecule has 2 spiro atoms. The Hall–Kier alpha value is -6.13. The number of rotatable bonds is 1. The Morgan fingerprint density at radius 1 is 0.403 bits per heavy atom. The molecule has 0 radical (unpaired) electrons. The van der Waals surface area contributed by atoms with Crippen molar-refractivity contribution >= 4 is 78.9 Å². The van der Waals surface area contributed by atoms with Crippen molar-refractivity contribution in [1.82, 2.24) is 4.98 Å². The van der Waals surface area contributed by atoms with Gasteiger partial charge in [0.1, 0.15) is 0 Å². The molecular formula is C63H52BN3. The Balaban J connectivity index is 1.01. The van der Waals surface area contributed by atoms with Crippen LogP contribution in [-0.2, 0) is 10.8 Å². The molecule has 3 nitrogen and oxygen atoms in total. The van der Waals surface area contributed by atoms with E-state index in [2.05, 4.69) is 155 Å². The van der Waals surface area contributed by atoms with Crippen LogP contribution in [-0.4, -0.2) is 11.7 Å². The summed E-state index contributed by atoms with van der Waals surface area (Å²) in [5.41, 5.74) is 22.7. The summed E-state index contributed by atoms with van der Waals surface area (Å²) in [5.74, 6) is 6.31. The van der Waals surface area contributed by atoms with Crippen LogP contribution < -0.4 is 26.2 Å². The lowest BCUT2D eigenvalue weighted by Gasteiger charge is -2.65. The number of benzene rings is 7. The number of fused-ring (bicyclic) bond motifs is 12. The van der Waals surface area contributed by atoms with Gasteiger partial charge in [0.25, 0.3) is 6.71 Å². The van der Waals surface area contributed by atoms with Gasteiger partial charge in [0, 0.05) is 44.2 Å². The van der Waals surface area contributed by atoms with Gasteiger partial charge in [-0.15, -0.1) is 0 Å². The van der Waals surface area contributed by atoms with Crippen molar-refractivity contribution in [1.29, 1.82) is 0 Å². The Kier molecular flexibility index (Phi) is 6.51. The van der Waals surface area contributed by atoms with Gasteiger partial charge in [0.2, 0.25) is 0 Å². The normalized spacial score (nSPS) is 31.9. The van der Waals surface area contributed by atoms with Gasteiger partial charge in [-0.3, -0.25) is 0 Å². The third-order valence-electron chi connectivity index (χ3n) is 20.9. The highest BCUT2D eigenvalue weighted by molar-refractivity contribution is 7.00. The number of aromatic nitrogens is 1. The second-order valence-electron chi connectivity index (χ2n) is 23.4. The lowest BCUT2D eigenvalue weighted by atomic mass is 9.31. The topological polar surface area (TPSA) is 19.4 Å². The maximum Gasteiger partial charge on any atom is 0.252 e. The monoisotopic (exact) mass is 861 g/mol. The zero-order valence-electron chi connectivity index (χ0n) is 38.0. The van der Waals surface area contributed by atoms with E-state index in [4.69, 9.17) is 4.98 Å². The van der Waals surface area contributed by atoms with Gasteiger partial charge in [-0.1, -0.05) is 127 Å². The number of anilines is 6. The lowest BCUT2D eigenvalue weighted by Crippen LogP contribution is -2.65. The molecule has 8 fully saturated rings. The largest absolute Gasteiger partial charge is 0.311 e. The Labute approximate surface area is 393 Å². The minimum atomic E-state index is 0.0201. The van der Waals surface area contributed by atoms with Crippen LogP contribution in [0.2, 0.25) is 0 Å². The van der Waals surface area contributed by atoms with E-state index in [1.165, 1.54) is 136 Å². The first-order chi connectivity index (χ1) is 33.2. The number of para-hydroxylation sites is 4. The van der Waals surface area contributed by atoms with E-state index < -0.39 is 0 Å². The maximum absolute atomic E-state index is 6.04. The molecule has 322 valence electrons. The van der Waals surface area contributed by atoms with Crippen molar-refractivity contribution in [3.8, 4) is 11.3 Å². The van der Waals surface area contributed by atoms with Crippen molar-refractivity contribution in [2.24, 2.45) is 47.3 Å². The fraction of sp³-hybridized carbons (Fsp3) is 0.317. The Morgan fingerprint density at radius 3 is 1.46 bits per heavy atom. The number of pyridine rings is 1. The predicted octanol–water partition coefficient (Wildman–Crippen LogP) is 13.2. The molecule has 4 heteroatoms. The van der Waals surface area contributed by atoms with Gasteiger partial charge in [-0.05, 0) is 174 Å². The van der Waals surface area contributed by atoms with Crippen molar-refractivity contribution in [2.45, 2.75) is 75.0 Å². The predicted molar refractivity (Wildman–Crippen MR) is 274 cm³/mol. The molecule has 0 unspecified atom stereocenters. The minimum Gasteiger partial charge on any atom is -0.311 e. The summed E-state index contributed by atoms with van der Waals surface area (Å²) in [6.45, 7) is 0.0820. The van der Waals surface area contributed by atoms with Gasteiger partial charge in [0.05, 0.1) is 28.3 Å². The second kappa shape index (κ2) is 12.1. The summed E-state index contributed by atoms with van der Waals surface area (Å²) >= 11 is 0. The van der Waals surface area contributed by atoms with Gasteiger partial charge < -0.3 is 9.80 Å². The van der Waals surface area contributed by atoms with Crippen LogP contribution in [0.15, 0.2) is 146 Å². The molecule has 7 aromatic carbocycles. The fourth-order valence-electron chi connectivity index (χ4n) is 19.5. The summed E-state index contributed by atoms with van der Waals surface area (Å²) in [7, 11) is 0. The fourth-order valence-corrected chi connectivity index (χ4v) is 19.5. The molecule has 0 atom stereocenters. The highest BCUT2D eigenvalue weighted by Crippen LogP contribution is 2.72. The van der Waals surface area contributed by atoms with Crippen LogP contribution >= 0.6 is 0 Å². The van der Waals surface area contributed by atoms with Crippen molar-refractivity contribution < 1.29 is 0 Å². The summed E-state index contributed by atoms with van der Waals surface area (Å²) < 4.78 is 0. The molecule has 8 aromatic rings. The van der Waals surface area contributed by atoms with E-state index in [0.717, 1.165) is 34.9 Å². The molecular weight excluding hydrogens is 810 g/mol. The van der Waals surface area contributed by atoms with Crippen LogP contribution in [0.1, 0.15) is 86.5 Å². The SMILES string of the molecule is c1ccc(-c2nc3c4c5c(cc3c3ccccc23)N2c3ccccc3C3(c6cccc(c62)B5c2cccc5c2N4c2ccccc2C52C4CC5CC(C4)CC2C5)C2CC4CC(C2)CC3C4)cc1. The molecule has 0 N–H and O–H groups in total. The lowest BCUT2D eigenvalue weighted by molar-refractivity contribution is -0.0419. The summed E-state index contributed by atoms with van der Waals surface area (Å²) in [6, 6.07) is 57.7. The molecule has 20 rings (SSSR count). The molecule has 8 bridgehead atoms. The van der Waals surface area contributed by atoms with Gasteiger partial charge in [0.15, 0.2) is 0 Å². The number of nitrogens with zero attached hydrogens (tertiary/aromatic N) is 3. The number of hydrogen-bond acceptors (Lipinski definition) is 3. The van der Waals surface area contributed by atoms with E-state index in [1.807, 2.05) is 0 Å². The van der Waals surface area contributed by atoms with Gasteiger partial charge in [-0.25, -0.2) is 4.98 Å². The highest BCUT2D eigenvalue weighted by atomic mass is 15.2. The molecule has 0 amide bonds. The third-order valence-corrected chi connectivity index (χ3v) is 20.9. The van der Waals surface area contributed by atoms with E-state index in [0.29, 0.717) is 23.7 Å². The summed E-state index contributed by atoms with van der Waals surface area (Å²) in [6.07, 6.45) is 13.9. The zero-order chi connectivity index (χ0) is 43.1. The first-order valence-electron chi connectivity index (χ1n) is 26.2. The van der Waals surface area contributed by atoms with Crippen molar-refractivity contribution in [3.05, 3.63) is 168 Å². The van der Waals surface area contributed by atoms with Crippen molar-refractivity contribution in [3.63, 3.8) is 0 Å². The standard InChI is InChI=1S/C63H52BN3/c1-2-12-39(13-3-1)57-45-15-5-4-14-44(45)46-34-55-56-61(58(46)65-57)67-54-23-9-7-17-48(54)63(42-30-37-25-38(32-42)33-43(63)31-37)50-19-11-21-52(60(50)67)64(56)51-20-10-18-49-59(51)66(55)53-22-8-6-16-47(53)62(49)40-26-35-24-36(28-40)29-41(62)27-35/h1-23,34-38,40-43H,24-33H2.